The summed E-state index contributed by atoms with van der Waals surface area (Å²) in [5, 5.41) is 5.07. The second kappa shape index (κ2) is 5.94. The molecule has 1 N–H and O–H groups in total. The molecule has 3 aromatic rings. The maximum absolute atomic E-state index is 6.18. The molecule has 0 fully saturated rings. The minimum Gasteiger partial charge on any atom is -0.307 e. The molecule has 0 atom stereocenters. The normalized spacial score (nSPS) is 10.8. The molecule has 0 unspecified atom stereocenters. The second-order valence-corrected chi connectivity index (χ2v) is 4.82. The molecule has 4 nitrogen and oxygen atoms in total. The first kappa shape index (κ1) is 13.0. The SMILES string of the molecule is Clc1ccc(CNCc2ccncn2)c2ncccc12. The number of benzene rings is 1. The van der Waals surface area contributed by atoms with Crippen LogP contribution in [0.15, 0.2) is 49.1 Å². The first-order valence-corrected chi connectivity index (χ1v) is 6.70. The zero-order valence-corrected chi connectivity index (χ0v) is 11.5. The molecule has 100 valence electrons. The highest BCUT2D eigenvalue weighted by molar-refractivity contribution is 6.35. The number of hydrogen-bond donors (Lipinski definition) is 1. The lowest BCUT2D eigenvalue weighted by atomic mass is 10.1. The number of hydrogen-bond acceptors (Lipinski definition) is 4. The number of rotatable bonds is 4. The van der Waals surface area contributed by atoms with Crippen molar-refractivity contribution in [1.82, 2.24) is 20.3 Å². The predicted molar refractivity (Wildman–Crippen MR) is 79.3 cm³/mol. The van der Waals surface area contributed by atoms with Crippen LogP contribution in [0.4, 0.5) is 0 Å². The summed E-state index contributed by atoms with van der Waals surface area (Å²) < 4.78 is 0. The third-order valence-corrected chi connectivity index (χ3v) is 3.39. The summed E-state index contributed by atoms with van der Waals surface area (Å²) in [4.78, 5) is 12.5. The van der Waals surface area contributed by atoms with Gasteiger partial charge in [0.1, 0.15) is 6.33 Å². The molecule has 0 saturated heterocycles. The molecule has 0 radical (unpaired) electrons. The summed E-state index contributed by atoms with van der Waals surface area (Å²) in [6.45, 7) is 1.41. The Hall–Kier alpha value is -2.04. The molecule has 0 aliphatic rings. The van der Waals surface area contributed by atoms with Crippen molar-refractivity contribution in [1.29, 1.82) is 0 Å². The van der Waals surface area contributed by atoms with E-state index >= 15 is 0 Å². The standard InChI is InChI=1S/C15H13ClN4/c16-14-4-3-11(15-13(14)2-1-6-19-15)8-18-9-12-5-7-17-10-20-12/h1-7,10,18H,8-9H2. The summed E-state index contributed by atoms with van der Waals surface area (Å²) in [5.41, 5.74) is 3.03. The van der Waals surface area contributed by atoms with Gasteiger partial charge in [0.05, 0.1) is 11.2 Å². The molecule has 0 bridgehead atoms. The topological polar surface area (TPSA) is 50.7 Å². The van der Waals surface area contributed by atoms with Crippen molar-refractivity contribution in [3.63, 3.8) is 0 Å². The third-order valence-electron chi connectivity index (χ3n) is 3.06. The lowest BCUT2D eigenvalue weighted by Crippen LogP contribution is -2.14. The molecule has 0 amide bonds. The van der Waals surface area contributed by atoms with Crippen molar-refractivity contribution in [3.05, 3.63) is 65.3 Å². The van der Waals surface area contributed by atoms with Gasteiger partial charge in [-0.25, -0.2) is 9.97 Å². The fourth-order valence-corrected chi connectivity index (χ4v) is 2.30. The lowest BCUT2D eigenvalue weighted by Gasteiger charge is -2.08. The van der Waals surface area contributed by atoms with E-state index in [0.29, 0.717) is 13.1 Å². The Balaban J connectivity index is 1.77. The number of nitrogens with zero attached hydrogens (tertiary/aromatic N) is 3. The van der Waals surface area contributed by atoms with Gasteiger partial charge in [-0.3, -0.25) is 4.98 Å². The van der Waals surface area contributed by atoms with Crippen molar-refractivity contribution in [2.75, 3.05) is 0 Å². The zero-order valence-electron chi connectivity index (χ0n) is 10.8. The van der Waals surface area contributed by atoms with Crippen LogP contribution in [0.5, 0.6) is 0 Å². The average Bonchev–Trinajstić information content (AvgIpc) is 2.51. The van der Waals surface area contributed by atoms with Crippen molar-refractivity contribution in [3.8, 4) is 0 Å². The highest BCUT2D eigenvalue weighted by Gasteiger charge is 2.05. The van der Waals surface area contributed by atoms with Gasteiger partial charge in [-0.05, 0) is 29.8 Å². The minimum absolute atomic E-state index is 0.694. The van der Waals surface area contributed by atoms with Crippen molar-refractivity contribution < 1.29 is 0 Å². The molecule has 20 heavy (non-hydrogen) atoms. The minimum atomic E-state index is 0.694. The van der Waals surface area contributed by atoms with Gasteiger partial charge >= 0.3 is 0 Å². The molecule has 5 heteroatoms. The van der Waals surface area contributed by atoms with Gasteiger partial charge in [0.2, 0.25) is 0 Å². The number of nitrogens with one attached hydrogen (secondary N) is 1. The average molecular weight is 285 g/mol. The van der Waals surface area contributed by atoms with Crippen molar-refractivity contribution in [2.24, 2.45) is 0 Å². The van der Waals surface area contributed by atoms with E-state index in [1.807, 2.05) is 30.3 Å². The molecule has 0 aliphatic heterocycles. The maximum atomic E-state index is 6.18. The number of halogens is 1. The van der Waals surface area contributed by atoms with E-state index in [9.17, 15) is 0 Å². The first-order chi connectivity index (χ1) is 9.84. The van der Waals surface area contributed by atoms with Crippen LogP contribution in [0.3, 0.4) is 0 Å². The van der Waals surface area contributed by atoms with Crippen LogP contribution in [0.25, 0.3) is 10.9 Å². The second-order valence-electron chi connectivity index (χ2n) is 4.41. The van der Waals surface area contributed by atoms with Crippen molar-refractivity contribution in [2.45, 2.75) is 13.1 Å². The summed E-state index contributed by atoms with van der Waals surface area (Å²) in [6.07, 6.45) is 5.08. The Morgan fingerprint density at radius 1 is 1.00 bits per heavy atom. The smallest absolute Gasteiger partial charge is 0.115 e. The molecule has 0 saturated carbocycles. The number of pyridine rings is 1. The maximum Gasteiger partial charge on any atom is 0.115 e. The highest BCUT2D eigenvalue weighted by Crippen LogP contribution is 2.24. The summed E-state index contributed by atoms with van der Waals surface area (Å²) in [7, 11) is 0. The third kappa shape index (κ3) is 2.76. The van der Waals surface area contributed by atoms with E-state index in [0.717, 1.165) is 27.2 Å². The Bertz CT molecular complexity index is 715. The van der Waals surface area contributed by atoms with Crippen LogP contribution in [0, 0.1) is 0 Å². The quantitative estimate of drug-likeness (QED) is 0.800. The Morgan fingerprint density at radius 2 is 1.95 bits per heavy atom. The van der Waals surface area contributed by atoms with Gasteiger partial charge in [0, 0.05) is 35.9 Å². The first-order valence-electron chi connectivity index (χ1n) is 6.32. The zero-order chi connectivity index (χ0) is 13.8. The van der Waals surface area contributed by atoms with Crippen LogP contribution in [0.1, 0.15) is 11.3 Å². The van der Waals surface area contributed by atoms with E-state index in [-0.39, 0.29) is 0 Å². The Labute approximate surface area is 121 Å². The van der Waals surface area contributed by atoms with Gasteiger partial charge in [-0.1, -0.05) is 17.7 Å². The van der Waals surface area contributed by atoms with Gasteiger partial charge in [-0.2, -0.15) is 0 Å². The molecular formula is C15H13ClN4. The Kier molecular flexibility index (Phi) is 3.85. The summed E-state index contributed by atoms with van der Waals surface area (Å²) >= 11 is 6.18. The largest absolute Gasteiger partial charge is 0.307 e. The lowest BCUT2D eigenvalue weighted by molar-refractivity contribution is 0.680. The van der Waals surface area contributed by atoms with Gasteiger partial charge in [-0.15, -0.1) is 0 Å². The highest BCUT2D eigenvalue weighted by atomic mass is 35.5. The van der Waals surface area contributed by atoms with Gasteiger partial charge in [0.25, 0.3) is 0 Å². The number of fused-ring (bicyclic) bond motifs is 1. The molecule has 3 rings (SSSR count). The van der Waals surface area contributed by atoms with E-state index < -0.39 is 0 Å². The number of aromatic nitrogens is 3. The Morgan fingerprint density at radius 3 is 2.80 bits per heavy atom. The monoisotopic (exact) mass is 284 g/mol. The van der Waals surface area contributed by atoms with Crippen LogP contribution in [-0.4, -0.2) is 15.0 Å². The van der Waals surface area contributed by atoms with E-state index in [1.165, 1.54) is 0 Å². The van der Waals surface area contributed by atoms with Crippen LogP contribution >= 0.6 is 11.6 Å². The summed E-state index contributed by atoms with van der Waals surface area (Å²) in [6, 6.07) is 9.69. The fraction of sp³-hybridized carbons (Fsp3) is 0.133. The molecule has 2 aromatic heterocycles. The fourth-order valence-electron chi connectivity index (χ4n) is 2.09. The van der Waals surface area contributed by atoms with E-state index in [1.54, 1.807) is 18.7 Å². The molecule has 1 aromatic carbocycles. The predicted octanol–water partition coefficient (Wildman–Crippen LogP) is 2.97. The van der Waals surface area contributed by atoms with Gasteiger partial charge < -0.3 is 5.32 Å². The summed E-state index contributed by atoms with van der Waals surface area (Å²) in [5.74, 6) is 0. The molecule has 2 heterocycles. The van der Waals surface area contributed by atoms with Gasteiger partial charge in [0.15, 0.2) is 0 Å². The molecule has 0 aliphatic carbocycles. The van der Waals surface area contributed by atoms with Crippen LogP contribution < -0.4 is 5.32 Å². The van der Waals surface area contributed by atoms with Crippen molar-refractivity contribution >= 4 is 22.5 Å². The van der Waals surface area contributed by atoms with Crippen LogP contribution in [-0.2, 0) is 13.1 Å². The molecular weight excluding hydrogens is 272 g/mol. The van der Waals surface area contributed by atoms with E-state index in [4.69, 9.17) is 11.6 Å². The van der Waals surface area contributed by atoms with Crippen LogP contribution in [0.2, 0.25) is 5.02 Å². The van der Waals surface area contributed by atoms with E-state index in [2.05, 4.69) is 20.3 Å². The molecule has 0 spiro atoms.